The number of benzene rings is 3. The Morgan fingerprint density at radius 2 is 1.48 bits per heavy atom. The fourth-order valence-corrected chi connectivity index (χ4v) is 4.42. The topological polar surface area (TPSA) is 94.2 Å². The van der Waals surface area contributed by atoms with E-state index in [1.165, 1.54) is 21.1 Å². The van der Waals surface area contributed by atoms with Crippen LogP contribution in [-0.4, -0.2) is 40.8 Å². The zero-order valence-corrected chi connectivity index (χ0v) is 19.6. The monoisotopic (exact) mass is 470 g/mol. The Bertz CT molecular complexity index is 1200. The van der Waals surface area contributed by atoms with Crippen molar-refractivity contribution in [3.05, 3.63) is 72.8 Å². The highest BCUT2D eigenvalue weighted by molar-refractivity contribution is 7.92. The van der Waals surface area contributed by atoms with E-state index in [2.05, 4.69) is 5.32 Å². The van der Waals surface area contributed by atoms with Crippen LogP contribution in [0.4, 0.5) is 11.4 Å². The van der Waals surface area contributed by atoms with Crippen LogP contribution in [0.2, 0.25) is 0 Å². The zero-order valence-electron chi connectivity index (χ0n) is 18.8. The van der Waals surface area contributed by atoms with E-state index in [0.29, 0.717) is 34.4 Å². The molecule has 3 rings (SSSR count). The minimum absolute atomic E-state index is 0.332. The summed E-state index contributed by atoms with van der Waals surface area (Å²) < 4.78 is 42.5. The lowest BCUT2D eigenvalue weighted by molar-refractivity contribution is -0.116. The molecule has 0 saturated heterocycles. The van der Waals surface area contributed by atoms with Gasteiger partial charge >= 0.3 is 0 Å². The van der Waals surface area contributed by atoms with Gasteiger partial charge in [0.05, 0.1) is 31.9 Å². The molecule has 0 fully saturated rings. The average Bonchev–Trinajstić information content (AvgIpc) is 2.80. The van der Waals surface area contributed by atoms with Gasteiger partial charge in [-0.3, -0.25) is 9.10 Å². The first-order chi connectivity index (χ1) is 15.7. The van der Waals surface area contributed by atoms with E-state index in [1.54, 1.807) is 42.5 Å². The van der Waals surface area contributed by atoms with E-state index in [0.717, 1.165) is 10.6 Å². The smallest absolute Gasteiger partial charge is 0.248 e. The highest BCUT2D eigenvalue weighted by Crippen LogP contribution is 2.30. The number of anilines is 2. The molecule has 33 heavy (non-hydrogen) atoms. The summed E-state index contributed by atoms with van der Waals surface area (Å²) in [5, 5.41) is 2.73. The summed E-state index contributed by atoms with van der Waals surface area (Å²) >= 11 is 0. The van der Waals surface area contributed by atoms with Crippen LogP contribution in [0.15, 0.2) is 72.8 Å². The molecule has 8 nitrogen and oxygen atoms in total. The van der Waals surface area contributed by atoms with E-state index in [4.69, 9.17) is 14.2 Å². The first-order valence-electron chi connectivity index (χ1n) is 10.1. The minimum atomic E-state index is -3.78. The maximum atomic E-state index is 13.0. The van der Waals surface area contributed by atoms with Crippen molar-refractivity contribution in [2.75, 3.05) is 30.1 Å². The van der Waals surface area contributed by atoms with Gasteiger partial charge in [0, 0.05) is 6.07 Å². The molecule has 0 aliphatic heterocycles. The lowest BCUT2D eigenvalue weighted by atomic mass is 10.2. The molecule has 0 spiro atoms. The van der Waals surface area contributed by atoms with Gasteiger partial charge in [-0.15, -0.1) is 0 Å². The summed E-state index contributed by atoms with van der Waals surface area (Å²) in [5.41, 5.74) is 0.701. The number of rotatable bonds is 9. The third kappa shape index (κ3) is 5.95. The van der Waals surface area contributed by atoms with Crippen molar-refractivity contribution in [3.63, 3.8) is 0 Å². The summed E-state index contributed by atoms with van der Waals surface area (Å²) in [4.78, 5) is 13.0. The highest BCUT2D eigenvalue weighted by atomic mass is 32.2. The summed E-state index contributed by atoms with van der Waals surface area (Å²) in [5.74, 6) is 1.61. The molecule has 0 heterocycles. The number of methoxy groups -OCH3 is 2. The van der Waals surface area contributed by atoms with Crippen molar-refractivity contribution in [3.8, 4) is 23.0 Å². The number of hydrogen-bond acceptors (Lipinski definition) is 6. The van der Waals surface area contributed by atoms with Crippen molar-refractivity contribution in [2.45, 2.75) is 13.0 Å². The van der Waals surface area contributed by atoms with Crippen LogP contribution in [0.3, 0.4) is 0 Å². The predicted octanol–water partition coefficient (Wildman–Crippen LogP) is 4.29. The molecular weight excluding hydrogens is 444 g/mol. The van der Waals surface area contributed by atoms with Gasteiger partial charge in [0.15, 0.2) is 0 Å². The maximum absolute atomic E-state index is 13.0. The maximum Gasteiger partial charge on any atom is 0.248 e. The first-order valence-corrected chi connectivity index (χ1v) is 11.9. The zero-order chi connectivity index (χ0) is 24.0. The van der Waals surface area contributed by atoms with Gasteiger partial charge < -0.3 is 19.5 Å². The van der Waals surface area contributed by atoms with Crippen LogP contribution in [0.25, 0.3) is 0 Å². The quantitative estimate of drug-likeness (QED) is 0.501. The molecule has 174 valence electrons. The fourth-order valence-electron chi connectivity index (χ4n) is 3.24. The highest BCUT2D eigenvalue weighted by Gasteiger charge is 2.29. The molecule has 0 radical (unpaired) electrons. The number of carbonyl (C=O) groups excluding carboxylic acids is 1. The van der Waals surface area contributed by atoms with Crippen molar-refractivity contribution < 1.29 is 27.4 Å². The Morgan fingerprint density at radius 3 is 2.06 bits per heavy atom. The largest absolute Gasteiger partial charge is 0.497 e. The lowest BCUT2D eigenvalue weighted by Crippen LogP contribution is -2.45. The SMILES string of the molecule is COc1ccc(OC)c(NC(=O)C(C)N(c2ccc(Oc3ccccc3)cc2)S(C)(=O)=O)c1. The molecule has 0 saturated carbocycles. The first kappa shape index (κ1) is 23.9. The summed E-state index contributed by atoms with van der Waals surface area (Å²) in [6.45, 7) is 1.51. The van der Waals surface area contributed by atoms with Crippen LogP contribution < -0.4 is 23.8 Å². The summed E-state index contributed by atoms with van der Waals surface area (Å²) in [6.07, 6.45) is 1.05. The molecule has 0 aliphatic carbocycles. The minimum Gasteiger partial charge on any atom is -0.497 e. The Hall–Kier alpha value is -3.72. The van der Waals surface area contributed by atoms with E-state index in [-0.39, 0.29) is 0 Å². The van der Waals surface area contributed by atoms with E-state index in [9.17, 15) is 13.2 Å². The number of sulfonamides is 1. The van der Waals surface area contributed by atoms with Crippen LogP contribution in [0.5, 0.6) is 23.0 Å². The Morgan fingerprint density at radius 1 is 0.879 bits per heavy atom. The fraction of sp³-hybridized carbons (Fsp3) is 0.208. The third-order valence-electron chi connectivity index (χ3n) is 4.82. The van der Waals surface area contributed by atoms with Crippen LogP contribution in [0, 0.1) is 0 Å². The number of carbonyl (C=O) groups is 1. The molecule has 9 heteroatoms. The standard InChI is InChI=1S/C24H26N2O6S/c1-17(24(27)25-22-16-21(30-2)14-15-23(22)31-3)26(33(4,28)29)18-10-12-20(13-11-18)32-19-8-6-5-7-9-19/h5-17H,1-4H3,(H,25,27). The van der Waals surface area contributed by atoms with E-state index < -0.39 is 22.0 Å². The van der Waals surface area contributed by atoms with Gasteiger partial charge in [-0.05, 0) is 55.5 Å². The average molecular weight is 471 g/mol. The summed E-state index contributed by atoms with van der Waals surface area (Å²) in [6, 6.07) is 19.6. The second-order valence-corrected chi connectivity index (χ2v) is 9.06. The Labute approximate surface area is 193 Å². The van der Waals surface area contributed by atoms with Crippen molar-refractivity contribution in [1.29, 1.82) is 0 Å². The normalized spacial score (nSPS) is 11.9. The third-order valence-corrected chi connectivity index (χ3v) is 6.06. The molecule has 3 aromatic rings. The molecule has 1 N–H and O–H groups in total. The molecule has 1 amide bonds. The van der Waals surface area contributed by atoms with Gasteiger partial charge in [0.1, 0.15) is 29.0 Å². The lowest BCUT2D eigenvalue weighted by Gasteiger charge is -2.28. The molecule has 3 aromatic carbocycles. The van der Waals surface area contributed by atoms with Gasteiger partial charge in [-0.2, -0.15) is 0 Å². The number of para-hydroxylation sites is 1. The Balaban J connectivity index is 1.83. The van der Waals surface area contributed by atoms with Crippen LogP contribution in [-0.2, 0) is 14.8 Å². The van der Waals surface area contributed by atoms with Gasteiger partial charge in [0.2, 0.25) is 15.9 Å². The van der Waals surface area contributed by atoms with E-state index >= 15 is 0 Å². The van der Waals surface area contributed by atoms with Crippen LogP contribution >= 0.6 is 0 Å². The number of ether oxygens (including phenoxy) is 3. The van der Waals surface area contributed by atoms with Crippen LogP contribution in [0.1, 0.15) is 6.92 Å². The number of hydrogen-bond donors (Lipinski definition) is 1. The molecule has 1 atom stereocenters. The molecular formula is C24H26N2O6S. The van der Waals surface area contributed by atoms with Gasteiger partial charge in [-0.25, -0.2) is 8.42 Å². The van der Waals surface area contributed by atoms with E-state index in [1.807, 2.05) is 30.3 Å². The second kappa shape index (κ2) is 10.3. The molecule has 0 aliphatic rings. The second-order valence-electron chi connectivity index (χ2n) is 7.20. The van der Waals surface area contributed by atoms with Gasteiger partial charge in [0.25, 0.3) is 0 Å². The molecule has 0 bridgehead atoms. The van der Waals surface area contributed by atoms with Crippen molar-refractivity contribution in [2.24, 2.45) is 0 Å². The van der Waals surface area contributed by atoms with Gasteiger partial charge in [-0.1, -0.05) is 18.2 Å². The number of nitrogens with one attached hydrogen (secondary N) is 1. The van der Waals surface area contributed by atoms with Crippen molar-refractivity contribution in [1.82, 2.24) is 0 Å². The number of amides is 1. The van der Waals surface area contributed by atoms with Crippen molar-refractivity contribution >= 4 is 27.3 Å². The molecule has 1 unspecified atom stereocenters. The molecule has 0 aromatic heterocycles. The Kier molecular flexibility index (Phi) is 7.44. The predicted molar refractivity (Wildman–Crippen MR) is 128 cm³/mol. The number of nitrogens with zero attached hydrogens (tertiary/aromatic N) is 1. The summed E-state index contributed by atoms with van der Waals surface area (Å²) in [7, 11) is -0.797.